The Morgan fingerprint density at radius 1 is 1.32 bits per heavy atom. The van der Waals surface area contributed by atoms with E-state index in [0.717, 1.165) is 19.4 Å². The summed E-state index contributed by atoms with van der Waals surface area (Å²) in [6.45, 7) is 3.51. The minimum atomic E-state index is -0.325. The minimum Gasteiger partial charge on any atom is -0.490 e. The zero-order valence-corrected chi connectivity index (χ0v) is 12.8. The maximum Gasteiger partial charge on any atom is 0.255 e. The summed E-state index contributed by atoms with van der Waals surface area (Å²) in [5.74, 6) is -0.0331. The van der Waals surface area contributed by atoms with E-state index in [1.54, 1.807) is 18.2 Å². The monoisotopic (exact) mass is 306 g/mol. The van der Waals surface area contributed by atoms with E-state index in [1.165, 1.54) is 0 Å². The van der Waals surface area contributed by atoms with Gasteiger partial charge in [0, 0.05) is 13.2 Å². The molecule has 1 saturated heterocycles. The topological polar surface area (TPSA) is 76.7 Å². The van der Waals surface area contributed by atoms with Crippen LogP contribution < -0.4 is 15.4 Å². The smallest absolute Gasteiger partial charge is 0.255 e. The van der Waals surface area contributed by atoms with E-state index in [-0.39, 0.29) is 24.5 Å². The number of rotatable bonds is 7. The Hall–Kier alpha value is -2.08. The van der Waals surface area contributed by atoms with E-state index >= 15 is 0 Å². The molecule has 0 aliphatic carbocycles. The summed E-state index contributed by atoms with van der Waals surface area (Å²) < 4.78 is 11.2. The molecule has 1 atom stereocenters. The number of carbonyl (C=O) groups is 2. The van der Waals surface area contributed by atoms with E-state index < -0.39 is 0 Å². The summed E-state index contributed by atoms with van der Waals surface area (Å²) in [4.78, 5) is 23.6. The van der Waals surface area contributed by atoms with Gasteiger partial charge in [0.15, 0.2) is 0 Å². The van der Waals surface area contributed by atoms with Gasteiger partial charge in [0.2, 0.25) is 5.91 Å². The number of nitrogens with one attached hydrogen (secondary N) is 2. The number of para-hydroxylation sites is 1. The van der Waals surface area contributed by atoms with Crippen LogP contribution in [0.2, 0.25) is 0 Å². The number of benzene rings is 1. The first-order valence-electron chi connectivity index (χ1n) is 7.59. The second-order valence-electron chi connectivity index (χ2n) is 5.08. The first kappa shape index (κ1) is 16.3. The van der Waals surface area contributed by atoms with Crippen LogP contribution in [0.3, 0.4) is 0 Å². The molecule has 1 fully saturated rings. The molecule has 0 bridgehead atoms. The van der Waals surface area contributed by atoms with Gasteiger partial charge in [-0.15, -0.1) is 0 Å². The maximum atomic E-state index is 12.2. The molecular weight excluding hydrogens is 284 g/mol. The number of carbonyl (C=O) groups excluding carboxylic acids is 2. The normalized spacial score (nSPS) is 17.0. The van der Waals surface area contributed by atoms with Crippen LogP contribution in [0, 0.1) is 0 Å². The molecular formula is C16H22N2O4. The van der Waals surface area contributed by atoms with Crippen molar-refractivity contribution in [1.29, 1.82) is 0 Å². The highest BCUT2D eigenvalue weighted by atomic mass is 16.5. The molecule has 6 heteroatoms. The van der Waals surface area contributed by atoms with Crippen LogP contribution in [0.25, 0.3) is 0 Å². The molecule has 0 saturated carbocycles. The SMILES string of the molecule is CCNC(=O)CNC(=O)c1ccccc1OCC1CCCO1. The molecule has 1 aromatic rings. The molecule has 2 amide bonds. The Kier molecular flexibility index (Phi) is 6.21. The molecule has 2 rings (SSSR count). The zero-order chi connectivity index (χ0) is 15.8. The van der Waals surface area contributed by atoms with Crippen LogP contribution in [0.5, 0.6) is 5.75 Å². The zero-order valence-electron chi connectivity index (χ0n) is 12.8. The van der Waals surface area contributed by atoms with Crippen molar-refractivity contribution in [1.82, 2.24) is 10.6 Å². The van der Waals surface area contributed by atoms with Gasteiger partial charge in [-0.05, 0) is 31.9 Å². The Morgan fingerprint density at radius 3 is 2.86 bits per heavy atom. The summed E-state index contributed by atoms with van der Waals surface area (Å²) in [5.41, 5.74) is 0.421. The number of amides is 2. The lowest BCUT2D eigenvalue weighted by molar-refractivity contribution is -0.120. The van der Waals surface area contributed by atoms with E-state index in [4.69, 9.17) is 9.47 Å². The molecule has 1 unspecified atom stereocenters. The number of hydrogen-bond donors (Lipinski definition) is 2. The first-order chi connectivity index (χ1) is 10.7. The quantitative estimate of drug-likeness (QED) is 0.791. The average Bonchev–Trinajstić information content (AvgIpc) is 3.04. The lowest BCUT2D eigenvalue weighted by Crippen LogP contribution is -2.36. The molecule has 6 nitrogen and oxygen atoms in total. The Morgan fingerprint density at radius 2 is 2.14 bits per heavy atom. The maximum absolute atomic E-state index is 12.2. The van der Waals surface area contributed by atoms with Gasteiger partial charge < -0.3 is 20.1 Å². The lowest BCUT2D eigenvalue weighted by Gasteiger charge is -2.14. The van der Waals surface area contributed by atoms with E-state index in [0.29, 0.717) is 24.5 Å². The predicted molar refractivity (Wildman–Crippen MR) is 81.9 cm³/mol. The van der Waals surface area contributed by atoms with Gasteiger partial charge in [0.25, 0.3) is 5.91 Å². The first-order valence-corrected chi connectivity index (χ1v) is 7.59. The molecule has 0 radical (unpaired) electrons. The highest BCUT2D eigenvalue weighted by Crippen LogP contribution is 2.20. The predicted octanol–water partition coefficient (Wildman–Crippen LogP) is 1.11. The van der Waals surface area contributed by atoms with Crippen molar-refractivity contribution in [2.45, 2.75) is 25.9 Å². The number of ether oxygens (including phenoxy) is 2. The Balaban J connectivity index is 1.91. The average molecular weight is 306 g/mol. The van der Waals surface area contributed by atoms with Crippen LogP contribution in [-0.4, -0.2) is 44.2 Å². The minimum absolute atomic E-state index is 0.0489. The molecule has 1 aliphatic rings. The van der Waals surface area contributed by atoms with Gasteiger partial charge in [0.05, 0.1) is 18.2 Å². The standard InChI is InChI=1S/C16H22N2O4/c1-2-17-15(19)10-18-16(20)13-7-3-4-8-14(13)22-11-12-6-5-9-21-12/h3-4,7-8,12H,2,5-6,9-11H2,1H3,(H,17,19)(H,18,20). The molecule has 0 aromatic heterocycles. The van der Waals surface area contributed by atoms with Crippen molar-refractivity contribution < 1.29 is 19.1 Å². The Bertz CT molecular complexity index is 513. The van der Waals surface area contributed by atoms with Gasteiger partial charge in [-0.25, -0.2) is 0 Å². The largest absolute Gasteiger partial charge is 0.490 e. The third kappa shape index (κ3) is 4.73. The molecule has 1 aliphatic heterocycles. The fraction of sp³-hybridized carbons (Fsp3) is 0.500. The lowest BCUT2D eigenvalue weighted by atomic mass is 10.2. The Labute approximate surface area is 130 Å². The third-order valence-corrected chi connectivity index (χ3v) is 3.36. The van der Waals surface area contributed by atoms with Gasteiger partial charge in [-0.3, -0.25) is 9.59 Å². The molecule has 1 heterocycles. The molecule has 2 N–H and O–H groups in total. The summed E-state index contributed by atoms with van der Waals surface area (Å²) in [6.07, 6.45) is 2.11. The summed E-state index contributed by atoms with van der Waals surface area (Å²) in [6, 6.07) is 7.00. The van der Waals surface area contributed by atoms with Gasteiger partial charge in [-0.2, -0.15) is 0 Å². The van der Waals surface area contributed by atoms with Crippen molar-refractivity contribution in [3.05, 3.63) is 29.8 Å². The van der Waals surface area contributed by atoms with Crippen molar-refractivity contribution in [2.24, 2.45) is 0 Å². The molecule has 22 heavy (non-hydrogen) atoms. The van der Waals surface area contributed by atoms with Crippen molar-refractivity contribution in [2.75, 3.05) is 26.3 Å². The van der Waals surface area contributed by atoms with E-state index in [2.05, 4.69) is 10.6 Å². The number of likely N-dealkylation sites (N-methyl/N-ethyl adjacent to an activating group) is 1. The van der Waals surface area contributed by atoms with Gasteiger partial charge in [0.1, 0.15) is 12.4 Å². The molecule has 1 aromatic carbocycles. The van der Waals surface area contributed by atoms with E-state index in [9.17, 15) is 9.59 Å². The van der Waals surface area contributed by atoms with Gasteiger partial charge >= 0.3 is 0 Å². The highest BCUT2D eigenvalue weighted by Gasteiger charge is 2.18. The summed E-state index contributed by atoms with van der Waals surface area (Å²) >= 11 is 0. The van der Waals surface area contributed by atoms with Crippen molar-refractivity contribution in [3.8, 4) is 5.75 Å². The third-order valence-electron chi connectivity index (χ3n) is 3.36. The summed E-state index contributed by atoms with van der Waals surface area (Å²) in [7, 11) is 0. The number of hydrogen-bond acceptors (Lipinski definition) is 4. The van der Waals surface area contributed by atoms with Crippen LogP contribution in [0.4, 0.5) is 0 Å². The van der Waals surface area contributed by atoms with Crippen LogP contribution >= 0.6 is 0 Å². The van der Waals surface area contributed by atoms with Crippen LogP contribution in [0.1, 0.15) is 30.1 Å². The van der Waals surface area contributed by atoms with Crippen molar-refractivity contribution >= 4 is 11.8 Å². The summed E-state index contributed by atoms with van der Waals surface area (Å²) in [5, 5.41) is 5.22. The van der Waals surface area contributed by atoms with Crippen molar-refractivity contribution in [3.63, 3.8) is 0 Å². The highest BCUT2D eigenvalue weighted by molar-refractivity contribution is 5.98. The van der Waals surface area contributed by atoms with E-state index in [1.807, 2.05) is 13.0 Å². The molecule has 120 valence electrons. The second kappa shape index (κ2) is 8.38. The van der Waals surface area contributed by atoms with Crippen LogP contribution in [0.15, 0.2) is 24.3 Å². The fourth-order valence-electron chi connectivity index (χ4n) is 2.25. The van der Waals surface area contributed by atoms with Crippen LogP contribution in [-0.2, 0) is 9.53 Å². The fourth-order valence-corrected chi connectivity index (χ4v) is 2.25. The second-order valence-corrected chi connectivity index (χ2v) is 5.08. The molecule has 0 spiro atoms. The van der Waals surface area contributed by atoms with Gasteiger partial charge in [-0.1, -0.05) is 12.1 Å².